The number of hydrogen-bond acceptors (Lipinski definition) is 4. The first-order valence-electron chi connectivity index (χ1n) is 4.15. The Morgan fingerprint density at radius 2 is 2.31 bits per heavy atom. The fraction of sp³-hybridized carbons (Fsp3) is 0.625. The molecule has 0 saturated carbocycles. The lowest BCUT2D eigenvalue weighted by atomic mass is 10.1. The van der Waals surface area contributed by atoms with E-state index in [9.17, 15) is 4.79 Å². The van der Waals surface area contributed by atoms with E-state index in [1.54, 1.807) is 0 Å². The number of hydrogen-bond donors (Lipinski definition) is 1. The molecule has 13 heavy (non-hydrogen) atoms. The summed E-state index contributed by atoms with van der Waals surface area (Å²) >= 11 is 0. The molecule has 0 unspecified atom stereocenters. The maximum Gasteiger partial charge on any atom is 0.377 e. The van der Waals surface area contributed by atoms with Gasteiger partial charge in [0.15, 0.2) is 0 Å². The minimum atomic E-state index is -1.15. The topological polar surface area (TPSA) is 76.2 Å². The Morgan fingerprint density at radius 3 is 2.77 bits per heavy atom. The van der Waals surface area contributed by atoms with Crippen molar-refractivity contribution in [1.29, 1.82) is 0 Å². The summed E-state index contributed by atoms with van der Waals surface area (Å²) in [4.78, 5) is 14.1. The van der Waals surface area contributed by atoms with Crippen molar-refractivity contribution in [3.8, 4) is 0 Å². The number of carboxylic acid groups (broad SMARTS) is 1. The Kier molecular flexibility index (Phi) is 3.00. The molecule has 1 heterocycles. The summed E-state index contributed by atoms with van der Waals surface area (Å²) in [5.74, 6) is -0.482. The minimum Gasteiger partial charge on any atom is -0.475 e. The largest absolute Gasteiger partial charge is 0.475 e. The summed E-state index contributed by atoms with van der Waals surface area (Å²) in [6.45, 7) is 4.16. The Labute approximate surface area is 75.8 Å². The molecule has 5 heteroatoms. The van der Waals surface area contributed by atoms with E-state index in [-0.39, 0.29) is 5.82 Å². The molecule has 0 saturated heterocycles. The van der Waals surface area contributed by atoms with Gasteiger partial charge in [-0.2, -0.15) is 4.98 Å². The third-order valence-corrected chi connectivity index (χ3v) is 1.59. The third kappa shape index (κ3) is 2.85. The maximum atomic E-state index is 10.4. The van der Waals surface area contributed by atoms with Crippen LogP contribution in [0.1, 0.15) is 36.8 Å². The quantitative estimate of drug-likeness (QED) is 0.764. The van der Waals surface area contributed by atoms with Crippen LogP contribution in [0.25, 0.3) is 0 Å². The molecule has 0 aliphatic carbocycles. The average molecular weight is 184 g/mol. The Balaban J connectivity index is 2.54. The van der Waals surface area contributed by atoms with Gasteiger partial charge in [0, 0.05) is 6.42 Å². The monoisotopic (exact) mass is 184 g/mol. The highest BCUT2D eigenvalue weighted by molar-refractivity contribution is 5.82. The van der Waals surface area contributed by atoms with Crippen molar-refractivity contribution >= 4 is 5.97 Å². The van der Waals surface area contributed by atoms with E-state index in [1.165, 1.54) is 0 Å². The molecule has 0 aliphatic rings. The molecule has 1 N–H and O–H groups in total. The predicted molar refractivity (Wildman–Crippen MR) is 44.4 cm³/mol. The molecule has 0 spiro atoms. The molecule has 0 amide bonds. The molecule has 0 fully saturated rings. The number of aromatic carboxylic acids is 1. The van der Waals surface area contributed by atoms with Crippen molar-refractivity contribution in [2.24, 2.45) is 5.92 Å². The number of carbonyl (C=O) groups is 1. The smallest absolute Gasteiger partial charge is 0.377 e. The number of nitrogens with zero attached hydrogens (tertiary/aromatic N) is 2. The van der Waals surface area contributed by atoms with Crippen LogP contribution < -0.4 is 0 Å². The van der Waals surface area contributed by atoms with Gasteiger partial charge in [-0.1, -0.05) is 13.8 Å². The second kappa shape index (κ2) is 4.02. The van der Waals surface area contributed by atoms with Crippen LogP contribution in [0.5, 0.6) is 0 Å². The van der Waals surface area contributed by atoms with Crippen LogP contribution in [-0.2, 0) is 6.42 Å². The van der Waals surface area contributed by atoms with Gasteiger partial charge in [0.25, 0.3) is 5.82 Å². The van der Waals surface area contributed by atoms with Gasteiger partial charge in [0.2, 0.25) is 5.89 Å². The molecule has 0 aliphatic heterocycles. The standard InChI is InChI=1S/C8H12N2O3/c1-5(2)3-4-6-9-7(8(11)12)10-13-6/h5H,3-4H2,1-2H3,(H,11,12). The highest BCUT2D eigenvalue weighted by Crippen LogP contribution is 2.06. The van der Waals surface area contributed by atoms with E-state index in [4.69, 9.17) is 9.63 Å². The summed E-state index contributed by atoms with van der Waals surface area (Å²) < 4.78 is 4.73. The SMILES string of the molecule is CC(C)CCc1nc(C(=O)O)no1. The van der Waals surface area contributed by atoms with Gasteiger partial charge in [-0.3, -0.25) is 0 Å². The maximum absolute atomic E-state index is 10.4. The van der Waals surface area contributed by atoms with Crippen LogP contribution in [0, 0.1) is 5.92 Å². The Bertz CT molecular complexity index is 293. The third-order valence-electron chi connectivity index (χ3n) is 1.59. The van der Waals surface area contributed by atoms with Crippen LogP contribution >= 0.6 is 0 Å². The van der Waals surface area contributed by atoms with Crippen LogP contribution in [-0.4, -0.2) is 21.2 Å². The van der Waals surface area contributed by atoms with Gasteiger partial charge in [0.05, 0.1) is 0 Å². The molecular formula is C8H12N2O3. The Morgan fingerprint density at radius 1 is 1.62 bits per heavy atom. The van der Waals surface area contributed by atoms with Crippen molar-refractivity contribution in [3.05, 3.63) is 11.7 Å². The molecule has 0 bridgehead atoms. The molecule has 1 aromatic rings. The summed E-state index contributed by atoms with van der Waals surface area (Å²) in [7, 11) is 0. The second-order valence-electron chi connectivity index (χ2n) is 3.25. The van der Waals surface area contributed by atoms with Crippen molar-refractivity contribution in [2.45, 2.75) is 26.7 Å². The number of aryl methyl sites for hydroxylation is 1. The number of carboxylic acids is 1. The van der Waals surface area contributed by atoms with Gasteiger partial charge in [-0.05, 0) is 17.5 Å². The summed E-state index contributed by atoms with van der Waals surface area (Å²) in [6, 6.07) is 0. The molecular weight excluding hydrogens is 172 g/mol. The van der Waals surface area contributed by atoms with Crippen LogP contribution in [0.4, 0.5) is 0 Å². The first kappa shape index (κ1) is 9.70. The van der Waals surface area contributed by atoms with E-state index in [0.29, 0.717) is 18.2 Å². The normalized spacial score (nSPS) is 10.7. The second-order valence-corrected chi connectivity index (χ2v) is 3.25. The first-order chi connectivity index (χ1) is 6.09. The van der Waals surface area contributed by atoms with E-state index in [0.717, 1.165) is 6.42 Å². The van der Waals surface area contributed by atoms with Crippen molar-refractivity contribution in [3.63, 3.8) is 0 Å². The molecule has 0 aromatic carbocycles. The lowest BCUT2D eigenvalue weighted by Gasteiger charge is -1.98. The predicted octanol–water partition coefficient (Wildman–Crippen LogP) is 1.36. The number of rotatable bonds is 4. The molecule has 5 nitrogen and oxygen atoms in total. The van der Waals surface area contributed by atoms with Gasteiger partial charge >= 0.3 is 5.97 Å². The zero-order valence-electron chi connectivity index (χ0n) is 7.65. The van der Waals surface area contributed by atoms with E-state index in [1.807, 2.05) is 0 Å². The molecule has 0 radical (unpaired) electrons. The Hall–Kier alpha value is -1.39. The average Bonchev–Trinajstić information content (AvgIpc) is 2.48. The lowest BCUT2D eigenvalue weighted by molar-refractivity contribution is 0.0680. The number of aromatic nitrogens is 2. The van der Waals surface area contributed by atoms with Gasteiger partial charge < -0.3 is 9.63 Å². The van der Waals surface area contributed by atoms with E-state index < -0.39 is 5.97 Å². The van der Waals surface area contributed by atoms with E-state index in [2.05, 4.69) is 24.0 Å². The molecule has 1 rings (SSSR count). The fourth-order valence-electron chi connectivity index (χ4n) is 0.855. The first-order valence-corrected chi connectivity index (χ1v) is 4.15. The van der Waals surface area contributed by atoms with Crippen molar-refractivity contribution in [2.75, 3.05) is 0 Å². The zero-order valence-corrected chi connectivity index (χ0v) is 7.65. The van der Waals surface area contributed by atoms with Gasteiger partial charge in [0.1, 0.15) is 0 Å². The highest BCUT2D eigenvalue weighted by atomic mass is 16.5. The zero-order chi connectivity index (χ0) is 9.84. The van der Waals surface area contributed by atoms with Gasteiger partial charge in [-0.25, -0.2) is 4.79 Å². The molecule has 72 valence electrons. The lowest BCUT2D eigenvalue weighted by Crippen LogP contribution is -1.99. The summed E-state index contributed by atoms with van der Waals surface area (Å²) in [5, 5.41) is 11.8. The summed E-state index contributed by atoms with van der Waals surface area (Å²) in [6.07, 6.45) is 1.55. The van der Waals surface area contributed by atoms with Crippen LogP contribution in [0.3, 0.4) is 0 Å². The fourth-order valence-corrected chi connectivity index (χ4v) is 0.855. The van der Waals surface area contributed by atoms with Crippen LogP contribution in [0.15, 0.2) is 4.52 Å². The van der Waals surface area contributed by atoms with Crippen molar-refractivity contribution < 1.29 is 14.4 Å². The molecule has 0 atom stereocenters. The van der Waals surface area contributed by atoms with E-state index >= 15 is 0 Å². The summed E-state index contributed by atoms with van der Waals surface area (Å²) in [5.41, 5.74) is 0. The highest BCUT2D eigenvalue weighted by Gasteiger charge is 2.12. The molecule has 1 aromatic heterocycles. The van der Waals surface area contributed by atoms with Gasteiger partial charge in [-0.15, -0.1) is 0 Å². The minimum absolute atomic E-state index is 0.265. The van der Waals surface area contributed by atoms with Crippen molar-refractivity contribution in [1.82, 2.24) is 10.1 Å². The van der Waals surface area contributed by atoms with Crippen LogP contribution in [0.2, 0.25) is 0 Å².